The molecule has 0 amide bonds. The van der Waals surface area contributed by atoms with Gasteiger partial charge in [0.25, 0.3) is 0 Å². The van der Waals surface area contributed by atoms with Crippen LogP contribution in [0.4, 0.5) is 0 Å². The average molecular weight is 548 g/mol. The molecule has 4 fully saturated rings. The summed E-state index contributed by atoms with van der Waals surface area (Å²) in [5.74, 6) is 5.87. The highest BCUT2D eigenvalue weighted by molar-refractivity contribution is 7.80. The van der Waals surface area contributed by atoms with E-state index in [0.29, 0.717) is 17.9 Å². The fraction of sp³-hybridized carbons (Fsp3) is 1.00. The van der Waals surface area contributed by atoms with E-state index >= 15 is 0 Å². The molecule has 4 rings (SSSR count). The molecule has 0 bridgehead atoms. The summed E-state index contributed by atoms with van der Waals surface area (Å²) in [6.07, 6.45) is 30.1. The Balaban J connectivity index is 1.46. The van der Waals surface area contributed by atoms with Gasteiger partial charge in [-0.25, -0.2) is 0 Å². The second-order valence-electron chi connectivity index (χ2n) is 14.6. The highest BCUT2D eigenvalue weighted by Gasteiger charge is 2.43. The van der Waals surface area contributed by atoms with Gasteiger partial charge in [0.15, 0.2) is 0 Å². The van der Waals surface area contributed by atoms with Gasteiger partial charge in [-0.15, -0.1) is 0 Å². The standard InChI is InChI=1S/C34H65N3S/c1-26(14-11-12-23-38)30-21-13-22-32(33(30)28-17-7-3-8-18-28)37-25-34(36,29-19-9-4-10-20-29)24-31(35)27-15-5-2-6-16-27/h26-33,37-38H,2-25,35-36H2,1H3/t26?,30?,31?,32?,33?,34-/m1/s1. The smallest absolute Gasteiger partial charge is 0.0324 e. The molecule has 6 atom stereocenters. The van der Waals surface area contributed by atoms with Crippen LogP contribution >= 0.6 is 12.6 Å². The van der Waals surface area contributed by atoms with Crippen molar-refractivity contribution in [3.8, 4) is 0 Å². The summed E-state index contributed by atoms with van der Waals surface area (Å²) >= 11 is 4.49. The van der Waals surface area contributed by atoms with Crippen molar-refractivity contribution in [3.05, 3.63) is 0 Å². The van der Waals surface area contributed by atoms with Gasteiger partial charge in [-0.3, -0.25) is 0 Å². The van der Waals surface area contributed by atoms with Crippen molar-refractivity contribution < 1.29 is 0 Å². The molecule has 0 aromatic rings. The molecule has 3 nitrogen and oxygen atoms in total. The Labute approximate surface area is 242 Å². The van der Waals surface area contributed by atoms with Crippen LogP contribution in [-0.4, -0.2) is 29.9 Å². The number of nitrogens with two attached hydrogens (primary N) is 2. The second-order valence-corrected chi connectivity index (χ2v) is 15.0. The van der Waals surface area contributed by atoms with Gasteiger partial charge in [0, 0.05) is 24.2 Å². The zero-order valence-electron chi connectivity index (χ0n) is 25.2. The normalized spacial score (nSPS) is 32.1. The molecule has 0 aromatic carbocycles. The van der Waals surface area contributed by atoms with Crippen LogP contribution < -0.4 is 16.8 Å². The van der Waals surface area contributed by atoms with Crippen molar-refractivity contribution in [2.45, 2.75) is 166 Å². The Bertz CT molecular complexity index is 640. The zero-order valence-corrected chi connectivity index (χ0v) is 26.1. The molecule has 38 heavy (non-hydrogen) atoms. The maximum atomic E-state index is 7.55. The number of nitrogens with one attached hydrogen (secondary N) is 1. The monoisotopic (exact) mass is 547 g/mol. The van der Waals surface area contributed by atoms with E-state index in [4.69, 9.17) is 11.5 Å². The Morgan fingerprint density at radius 2 is 1.42 bits per heavy atom. The Hall–Kier alpha value is 0.230. The van der Waals surface area contributed by atoms with Crippen LogP contribution in [0.2, 0.25) is 0 Å². The first-order chi connectivity index (χ1) is 18.5. The van der Waals surface area contributed by atoms with E-state index in [1.54, 1.807) is 0 Å². The van der Waals surface area contributed by atoms with E-state index in [0.717, 1.165) is 42.4 Å². The van der Waals surface area contributed by atoms with E-state index in [1.807, 2.05) is 0 Å². The highest BCUT2D eigenvalue weighted by atomic mass is 32.1. The summed E-state index contributed by atoms with van der Waals surface area (Å²) < 4.78 is 0. The molecule has 0 spiro atoms. The lowest BCUT2D eigenvalue weighted by Gasteiger charge is -2.49. The van der Waals surface area contributed by atoms with Gasteiger partial charge in [-0.1, -0.05) is 96.8 Å². The topological polar surface area (TPSA) is 64.1 Å². The molecule has 4 aliphatic carbocycles. The molecule has 0 aliphatic heterocycles. The molecule has 5 N–H and O–H groups in total. The molecule has 0 aromatic heterocycles. The second kappa shape index (κ2) is 16.0. The van der Waals surface area contributed by atoms with Crippen molar-refractivity contribution in [2.24, 2.45) is 47.0 Å². The van der Waals surface area contributed by atoms with Crippen LogP contribution in [0, 0.1) is 35.5 Å². The molecule has 5 unspecified atom stereocenters. The summed E-state index contributed by atoms with van der Waals surface area (Å²) in [7, 11) is 0. The van der Waals surface area contributed by atoms with Crippen LogP contribution in [0.5, 0.6) is 0 Å². The van der Waals surface area contributed by atoms with Gasteiger partial charge in [-0.2, -0.15) is 12.6 Å². The lowest BCUT2D eigenvalue weighted by atomic mass is 9.61. The van der Waals surface area contributed by atoms with Crippen molar-refractivity contribution in [3.63, 3.8) is 0 Å². The Morgan fingerprint density at radius 1 is 0.789 bits per heavy atom. The van der Waals surface area contributed by atoms with Gasteiger partial charge in [0.05, 0.1) is 0 Å². The predicted molar refractivity (Wildman–Crippen MR) is 169 cm³/mol. The predicted octanol–water partition coefficient (Wildman–Crippen LogP) is 8.25. The number of thiol groups is 1. The SMILES string of the molecule is CC(CCCCS)C1CCCC(NC[C@](N)(CC(N)C2CCCCC2)C2CCCCC2)C1C1CCCCC1. The van der Waals surface area contributed by atoms with Crippen molar-refractivity contribution >= 4 is 12.6 Å². The third-order valence-corrected chi connectivity index (χ3v) is 12.3. The number of rotatable bonds is 13. The quantitative estimate of drug-likeness (QED) is 0.139. The van der Waals surface area contributed by atoms with E-state index in [9.17, 15) is 0 Å². The van der Waals surface area contributed by atoms with Gasteiger partial charge < -0.3 is 16.8 Å². The van der Waals surface area contributed by atoms with Crippen LogP contribution in [0.3, 0.4) is 0 Å². The van der Waals surface area contributed by atoms with E-state index in [1.165, 1.54) is 135 Å². The molecule has 4 saturated carbocycles. The summed E-state index contributed by atoms with van der Waals surface area (Å²) in [6.45, 7) is 3.58. The molecule has 4 heteroatoms. The fourth-order valence-electron chi connectivity index (χ4n) is 9.70. The first-order valence-electron chi connectivity index (χ1n) is 17.4. The molecule has 4 aliphatic rings. The number of unbranched alkanes of at least 4 members (excludes halogenated alkanes) is 1. The van der Waals surface area contributed by atoms with Gasteiger partial charge in [-0.05, 0) is 92.6 Å². The lowest BCUT2D eigenvalue weighted by Crippen LogP contribution is -2.61. The molecule has 0 radical (unpaired) electrons. The summed E-state index contributed by atoms with van der Waals surface area (Å²) in [6, 6.07) is 0.936. The van der Waals surface area contributed by atoms with Crippen LogP contribution in [-0.2, 0) is 0 Å². The van der Waals surface area contributed by atoms with Gasteiger partial charge in [0.2, 0.25) is 0 Å². The minimum atomic E-state index is -0.139. The summed E-state index contributed by atoms with van der Waals surface area (Å²) in [5.41, 5.74) is 14.4. The molecular weight excluding hydrogens is 482 g/mol. The van der Waals surface area contributed by atoms with E-state index < -0.39 is 0 Å². The van der Waals surface area contributed by atoms with E-state index in [-0.39, 0.29) is 11.6 Å². The molecule has 222 valence electrons. The first kappa shape index (κ1) is 31.2. The van der Waals surface area contributed by atoms with Crippen molar-refractivity contribution in [2.75, 3.05) is 12.3 Å². The molecule has 0 saturated heterocycles. The minimum absolute atomic E-state index is 0.139. The maximum Gasteiger partial charge on any atom is 0.0324 e. The first-order valence-corrected chi connectivity index (χ1v) is 18.0. The third-order valence-electron chi connectivity index (χ3n) is 12.0. The highest BCUT2D eigenvalue weighted by Crippen LogP contribution is 2.46. The van der Waals surface area contributed by atoms with Crippen molar-refractivity contribution in [1.82, 2.24) is 5.32 Å². The van der Waals surface area contributed by atoms with Gasteiger partial charge >= 0.3 is 0 Å². The summed E-state index contributed by atoms with van der Waals surface area (Å²) in [4.78, 5) is 0. The van der Waals surface area contributed by atoms with E-state index in [2.05, 4.69) is 24.9 Å². The largest absolute Gasteiger partial charge is 0.327 e. The molecular formula is C34H65N3S. The van der Waals surface area contributed by atoms with Crippen molar-refractivity contribution in [1.29, 1.82) is 0 Å². The zero-order chi connectivity index (χ0) is 26.8. The van der Waals surface area contributed by atoms with Gasteiger partial charge in [0.1, 0.15) is 0 Å². The van der Waals surface area contributed by atoms with Crippen LogP contribution in [0.1, 0.15) is 148 Å². The average Bonchev–Trinajstić information content (AvgIpc) is 2.97. The van der Waals surface area contributed by atoms with Crippen LogP contribution in [0.25, 0.3) is 0 Å². The third kappa shape index (κ3) is 8.62. The Kier molecular flexibility index (Phi) is 13.1. The maximum absolute atomic E-state index is 7.55. The number of hydrogen-bond acceptors (Lipinski definition) is 4. The lowest BCUT2D eigenvalue weighted by molar-refractivity contribution is 0.0481. The number of hydrogen-bond donors (Lipinski definition) is 4. The fourth-order valence-corrected chi connectivity index (χ4v) is 9.92. The Morgan fingerprint density at radius 3 is 2.08 bits per heavy atom. The molecule has 0 heterocycles. The van der Waals surface area contributed by atoms with Crippen LogP contribution in [0.15, 0.2) is 0 Å². The minimum Gasteiger partial charge on any atom is -0.327 e. The summed E-state index contributed by atoms with van der Waals surface area (Å²) in [5, 5.41) is 4.27.